The maximum atomic E-state index is 5.35. The van der Waals surface area contributed by atoms with E-state index in [1.54, 1.807) is 0 Å². The lowest BCUT2D eigenvalue weighted by atomic mass is 10.1. The summed E-state index contributed by atoms with van der Waals surface area (Å²) in [6.07, 6.45) is 9.48. The molecule has 1 aliphatic rings. The normalized spacial score (nSPS) is 19.7. The lowest BCUT2D eigenvalue weighted by Gasteiger charge is -2.04. The smallest absolute Gasteiger partial charge is 0.0317 e. The molecule has 0 aromatic rings. The molecule has 0 amide bonds. The van der Waals surface area contributed by atoms with Crippen molar-refractivity contribution in [3.05, 3.63) is 23.3 Å². The number of hydrogen-bond donors (Lipinski definition) is 0. The first kappa shape index (κ1) is 8.10. The third kappa shape index (κ3) is 1.72. The van der Waals surface area contributed by atoms with E-state index >= 15 is 0 Å². The van der Waals surface area contributed by atoms with Gasteiger partial charge in [0.05, 0.1) is 0 Å². The van der Waals surface area contributed by atoms with Gasteiger partial charge in [-0.15, -0.1) is 6.42 Å². The van der Waals surface area contributed by atoms with E-state index < -0.39 is 0 Å². The van der Waals surface area contributed by atoms with Crippen molar-refractivity contribution in [1.82, 2.24) is 4.90 Å². The largest absolute Gasteiger partial charge is 0.297 e. The van der Waals surface area contributed by atoms with Crippen molar-refractivity contribution in [1.29, 1.82) is 0 Å². The second-order valence-corrected chi connectivity index (χ2v) is 2.82. The molecule has 1 heterocycles. The molecule has 1 nitrogen and oxygen atoms in total. The van der Waals surface area contributed by atoms with Crippen LogP contribution in [0.25, 0.3) is 0 Å². The molecule has 0 atom stereocenters. The predicted molar refractivity (Wildman–Crippen MR) is 48.2 cm³/mol. The minimum absolute atomic E-state index is 0.927. The van der Waals surface area contributed by atoms with Gasteiger partial charge in [-0.05, 0) is 19.5 Å². The van der Waals surface area contributed by atoms with E-state index in [1.165, 1.54) is 5.57 Å². The van der Waals surface area contributed by atoms with E-state index in [4.69, 9.17) is 6.42 Å². The van der Waals surface area contributed by atoms with Crippen LogP contribution in [0.4, 0.5) is 0 Å². The molecule has 0 spiro atoms. The monoisotopic (exact) mass is 147 g/mol. The molecule has 0 saturated carbocycles. The standard InChI is InChI=1S/C10H13N/c1-4-6-10-8-11(3)7-9(10)5-2/h2,4,6H,7-8H2,1,3H3/b6-4-. The van der Waals surface area contributed by atoms with E-state index in [9.17, 15) is 0 Å². The Balaban J connectivity index is 2.81. The Morgan fingerprint density at radius 3 is 2.82 bits per heavy atom. The molecule has 1 aliphatic heterocycles. The van der Waals surface area contributed by atoms with Crippen LogP contribution >= 0.6 is 0 Å². The summed E-state index contributed by atoms with van der Waals surface area (Å²) >= 11 is 0. The average Bonchev–Trinajstić information content (AvgIpc) is 2.32. The molecule has 0 aromatic carbocycles. The molecule has 1 heteroatoms. The van der Waals surface area contributed by atoms with Gasteiger partial charge in [-0.3, -0.25) is 4.90 Å². The molecule has 0 bridgehead atoms. The van der Waals surface area contributed by atoms with Gasteiger partial charge in [-0.2, -0.15) is 0 Å². The third-order valence-corrected chi connectivity index (χ3v) is 1.80. The fourth-order valence-corrected chi connectivity index (χ4v) is 1.31. The Bertz CT molecular complexity index is 240. The number of allylic oxidation sites excluding steroid dienone is 1. The minimum Gasteiger partial charge on any atom is -0.297 e. The van der Waals surface area contributed by atoms with Crippen molar-refractivity contribution >= 4 is 0 Å². The van der Waals surface area contributed by atoms with Crippen LogP contribution in [0.2, 0.25) is 0 Å². The fourth-order valence-electron chi connectivity index (χ4n) is 1.31. The van der Waals surface area contributed by atoms with Crippen molar-refractivity contribution < 1.29 is 0 Å². The highest BCUT2D eigenvalue weighted by Gasteiger charge is 2.14. The molecule has 1 rings (SSSR count). The first-order chi connectivity index (χ1) is 5.27. The SMILES string of the molecule is C#CC1=C(/C=C\C)CN(C)C1. The Labute approximate surface area is 68.4 Å². The van der Waals surface area contributed by atoms with Crippen LogP contribution in [-0.2, 0) is 0 Å². The third-order valence-electron chi connectivity index (χ3n) is 1.80. The van der Waals surface area contributed by atoms with Crippen molar-refractivity contribution in [2.24, 2.45) is 0 Å². The van der Waals surface area contributed by atoms with Crippen LogP contribution < -0.4 is 0 Å². The van der Waals surface area contributed by atoms with Gasteiger partial charge in [-0.25, -0.2) is 0 Å². The molecular formula is C10H13N. The van der Waals surface area contributed by atoms with E-state index in [-0.39, 0.29) is 0 Å². The zero-order chi connectivity index (χ0) is 8.27. The van der Waals surface area contributed by atoms with E-state index in [0.717, 1.165) is 18.7 Å². The molecule has 58 valence electrons. The first-order valence-electron chi connectivity index (χ1n) is 3.77. The summed E-state index contributed by atoms with van der Waals surface area (Å²) in [7, 11) is 2.08. The van der Waals surface area contributed by atoms with Crippen molar-refractivity contribution in [3.8, 4) is 12.3 Å². The van der Waals surface area contributed by atoms with E-state index in [1.807, 2.05) is 13.0 Å². The summed E-state index contributed by atoms with van der Waals surface area (Å²) in [5.74, 6) is 2.72. The highest BCUT2D eigenvalue weighted by Crippen LogP contribution is 2.15. The van der Waals surface area contributed by atoms with Gasteiger partial charge in [0, 0.05) is 18.7 Å². The van der Waals surface area contributed by atoms with Crippen LogP contribution in [-0.4, -0.2) is 25.0 Å². The van der Waals surface area contributed by atoms with Gasteiger partial charge in [-0.1, -0.05) is 18.1 Å². The summed E-state index contributed by atoms with van der Waals surface area (Å²) < 4.78 is 0. The number of likely N-dealkylation sites (N-methyl/N-ethyl adjacent to an activating group) is 1. The van der Waals surface area contributed by atoms with Gasteiger partial charge in [0.15, 0.2) is 0 Å². The fraction of sp³-hybridized carbons (Fsp3) is 0.400. The molecule has 0 saturated heterocycles. The Morgan fingerprint density at radius 1 is 1.55 bits per heavy atom. The van der Waals surface area contributed by atoms with Crippen LogP contribution in [0, 0.1) is 12.3 Å². The highest BCUT2D eigenvalue weighted by atomic mass is 15.1. The maximum absolute atomic E-state index is 5.35. The quantitative estimate of drug-likeness (QED) is 0.507. The van der Waals surface area contributed by atoms with E-state index in [0.29, 0.717) is 0 Å². The number of hydrogen-bond acceptors (Lipinski definition) is 1. The van der Waals surface area contributed by atoms with Crippen LogP contribution in [0.1, 0.15) is 6.92 Å². The number of rotatable bonds is 1. The summed E-state index contributed by atoms with van der Waals surface area (Å²) in [4.78, 5) is 2.21. The highest BCUT2D eigenvalue weighted by molar-refractivity contribution is 5.42. The molecule has 0 N–H and O–H groups in total. The van der Waals surface area contributed by atoms with Gasteiger partial charge in [0.2, 0.25) is 0 Å². The lowest BCUT2D eigenvalue weighted by molar-refractivity contribution is 0.428. The molecule has 0 aromatic heterocycles. The maximum Gasteiger partial charge on any atom is 0.0317 e. The summed E-state index contributed by atoms with van der Waals surface area (Å²) in [6, 6.07) is 0. The first-order valence-corrected chi connectivity index (χ1v) is 3.77. The average molecular weight is 147 g/mol. The van der Waals surface area contributed by atoms with Gasteiger partial charge in [0.1, 0.15) is 0 Å². The van der Waals surface area contributed by atoms with Gasteiger partial charge >= 0.3 is 0 Å². The zero-order valence-electron chi connectivity index (χ0n) is 7.09. The van der Waals surface area contributed by atoms with E-state index in [2.05, 4.69) is 23.9 Å². The van der Waals surface area contributed by atoms with Crippen LogP contribution in [0.15, 0.2) is 23.3 Å². The van der Waals surface area contributed by atoms with Crippen molar-refractivity contribution in [2.45, 2.75) is 6.92 Å². The topological polar surface area (TPSA) is 3.24 Å². The molecule has 0 radical (unpaired) electrons. The van der Waals surface area contributed by atoms with Gasteiger partial charge in [0.25, 0.3) is 0 Å². The molecular weight excluding hydrogens is 134 g/mol. The number of terminal acetylenes is 1. The van der Waals surface area contributed by atoms with Crippen LogP contribution in [0.3, 0.4) is 0 Å². The molecule has 0 fully saturated rings. The summed E-state index contributed by atoms with van der Waals surface area (Å²) in [5.41, 5.74) is 2.42. The van der Waals surface area contributed by atoms with Crippen molar-refractivity contribution in [2.75, 3.05) is 20.1 Å². The lowest BCUT2D eigenvalue weighted by Crippen LogP contribution is -2.14. The van der Waals surface area contributed by atoms with Crippen LogP contribution in [0.5, 0.6) is 0 Å². The molecule has 0 aliphatic carbocycles. The van der Waals surface area contributed by atoms with Crippen molar-refractivity contribution in [3.63, 3.8) is 0 Å². The molecule has 11 heavy (non-hydrogen) atoms. The predicted octanol–water partition coefficient (Wildman–Crippen LogP) is 1.44. The summed E-state index contributed by atoms with van der Waals surface area (Å²) in [5, 5.41) is 0. The number of nitrogens with zero attached hydrogens (tertiary/aromatic N) is 1. The Hall–Kier alpha value is -1.00. The minimum atomic E-state index is 0.927. The Kier molecular flexibility index (Phi) is 2.51. The zero-order valence-corrected chi connectivity index (χ0v) is 7.09. The summed E-state index contributed by atoms with van der Waals surface area (Å²) in [6.45, 7) is 3.93. The molecule has 0 unspecified atom stereocenters. The second-order valence-electron chi connectivity index (χ2n) is 2.82. The van der Waals surface area contributed by atoms with Gasteiger partial charge < -0.3 is 0 Å². The Morgan fingerprint density at radius 2 is 2.27 bits per heavy atom. The second kappa shape index (κ2) is 3.41.